The molecule has 0 fully saturated rings. The number of aryl methyl sites for hydroxylation is 1. The first kappa shape index (κ1) is 13.1. The van der Waals surface area contributed by atoms with Gasteiger partial charge in [0.25, 0.3) is 0 Å². The highest BCUT2D eigenvalue weighted by molar-refractivity contribution is 14.1. The van der Waals surface area contributed by atoms with Gasteiger partial charge in [-0.2, -0.15) is 5.10 Å². The van der Waals surface area contributed by atoms with Gasteiger partial charge in [-0.05, 0) is 35.1 Å². The van der Waals surface area contributed by atoms with Gasteiger partial charge in [-0.1, -0.05) is 6.92 Å². The molecule has 2 aromatic rings. The van der Waals surface area contributed by atoms with Crippen LogP contribution in [0.2, 0.25) is 0 Å². The molecule has 0 radical (unpaired) electrons. The van der Waals surface area contributed by atoms with Crippen LogP contribution in [0.3, 0.4) is 0 Å². The third kappa shape index (κ3) is 2.92. The topological polar surface area (TPSA) is 53.1 Å². The summed E-state index contributed by atoms with van der Waals surface area (Å²) in [7, 11) is 0. The summed E-state index contributed by atoms with van der Waals surface area (Å²) in [6.45, 7) is 2.88. The number of aromatic nitrogens is 2. The first-order chi connectivity index (χ1) is 8.60. The molecule has 2 N–H and O–H groups in total. The average molecular weight is 361 g/mol. The van der Waals surface area contributed by atoms with Crippen LogP contribution >= 0.6 is 22.6 Å². The maximum Gasteiger partial charge on any atom is 0.165 e. The van der Waals surface area contributed by atoms with Gasteiger partial charge in [0, 0.05) is 12.6 Å². The van der Waals surface area contributed by atoms with Crippen molar-refractivity contribution in [2.75, 3.05) is 5.73 Å². The number of nitrogens with two attached hydrogens (primary N) is 1. The second-order valence-corrected chi connectivity index (χ2v) is 5.01. The SMILES string of the molecule is CCCn1cc(Oc2cc(F)c(I)cc2N)cn1. The van der Waals surface area contributed by atoms with Crippen molar-refractivity contribution >= 4 is 28.3 Å². The van der Waals surface area contributed by atoms with Crippen molar-refractivity contribution in [3.05, 3.63) is 33.9 Å². The number of rotatable bonds is 4. The molecule has 18 heavy (non-hydrogen) atoms. The summed E-state index contributed by atoms with van der Waals surface area (Å²) in [5, 5.41) is 4.13. The maximum atomic E-state index is 13.4. The number of nitrogen functional groups attached to an aromatic ring is 1. The van der Waals surface area contributed by atoms with Gasteiger partial charge in [0.1, 0.15) is 5.82 Å². The fourth-order valence-electron chi connectivity index (χ4n) is 1.51. The Bertz CT molecular complexity index is 556. The molecule has 0 atom stereocenters. The van der Waals surface area contributed by atoms with E-state index < -0.39 is 0 Å². The van der Waals surface area contributed by atoms with Crippen molar-refractivity contribution in [3.8, 4) is 11.5 Å². The first-order valence-corrected chi connectivity index (χ1v) is 6.63. The lowest BCUT2D eigenvalue weighted by molar-refractivity contribution is 0.476. The van der Waals surface area contributed by atoms with Gasteiger partial charge < -0.3 is 10.5 Å². The van der Waals surface area contributed by atoms with Crippen LogP contribution < -0.4 is 10.5 Å². The number of hydrogen-bond donors (Lipinski definition) is 1. The van der Waals surface area contributed by atoms with Crippen LogP contribution in [0.4, 0.5) is 10.1 Å². The highest BCUT2D eigenvalue weighted by Crippen LogP contribution is 2.30. The average Bonchev–Trinajstić information content (AvgIpc) is 2.74. The van der Waals surface area contributed by atoms with Gasteiger partial charge in [0.2, 0.25) is 0 Å². The van der Waals surface area contributed by atoms with E-state index in [1.54, 1.807) is 23.1 Å². The molecule has 0 aliphatic heterocycles. The Morgan fingerprint density at radius 1 is 1.50 bits per heavy atom. The summed E-state index contributed by atoms with van der Waals surface area (Å²) in [5.74, 6) is 0.514. The molecule has 1 aromatic heterocycles. The highest BCUT2D eigenvalue weighted by atomic mass is 127. The highest BCUT2D eigenvalue weighted by Gasteiger charge is 2.09. The number of halogens is 2. The molecule has 0 bridgehead atoms. The lowest BCUT2D eigenvalue weighted by atomic mass is 10.3. The molecule has 4 nitrogen and oxygen atoms in total. The largest absolute Gasteiger partial charge is 0.452 e. The molecule has 0 saturated heterocycles. The number of hydrogen-bond acceptors (Lipinski definition) is 3. The third-order valence-electron chi connectivity index (χ3n) is 2.34. The Balaban J connectivity index is 2.20. The zero-order valence-electron chi connectivity index (χ0n) is 9.86. The minimum absolute atomic E-state index is 0.309. The van der Waals surface area contributed by atoms with Gasteiger partial charge >= 0.3 is 0 Å². The van der Waals surface area contributed by atoms with Crippen molar-refractivity contribution < 1.29 is 9.13 Å². The lowest BCUT2D eigenvalue weighted by Gasteiger charge is -2.07. The first-order valence-electron chi connectivity index (χ1n) is 5.55. The summed E-state index contributed by atoms with van der Waals surface area (Å²) in [4.78, 5) is 0. The van der Waals surface area contributed by atoms with E-state index in [4.69, 9.17) is 10.5 Å². The molecule has 0 aliphatic rings. The number of ether oxygens (including phenoxy) is 1. The smallest absolute Gasteiger partial charge is 0.165 e. The molecule has 2 rings (SSSR count). The van der Waals surface area contributed by atoms with Crippen LogP contribution in [0.15, 0.2) is 24.5 Å². The molecule has 0 unspecified atom stereocenters. The molecule has 6 heteroatoms. The predicted molar refractivity (Wildman–Crippen MR) is 76.1 cm³/mol. The second-order valence-electron chi connectivity index (χ2n) is 3.85. The van der Waals surface area contributed by atoms with Gasteiger partial charge in [0.05, 0.1) is 21.7 Å². The number of nitrogens with zero attached hydrogens (tertiary/aromatic N) is 2. The molecule has 1 aromatic carbocycles. The Morgan fingerprint density at radius 2 is 2.28 bits per heavy atom. The molecule has 0 amide bonds. The molecular weight excluding hydrogens is 348 g/mol. The quantitative estimate of drug-likeness (QED) is 0.671. The summed E-state index contributed by atoms with van der Waals surface area (Å²) >= 11 is 1.89. The van der Waals surface area contributed by atoms with E-state index in [1.807, 2.05) is 22.6 Å². The van der Waals surface area contributed by atoms with E-state index in [9.17, 15) is 4.39 Å². The van der Waals surface area contributed by atoms with E-state index in [-0.39, 0.29) is 5.82 Å². The van der Waals surface area contributed by atoms with E-state index >= 15 is 0 Å². The van der Waals surface area contributed by atoms with E-state index in [0.29, 0.717) is 20.8 Å². The van der Waals surface area contributed by atoms with Crippen molar-refractivity contribution in [1.82, 2.24) is 9.78 Å². The van der Waals surface area contributed by atoms with Gasteiger partial charge in [-0.15, -0.1) is 0 Å². The summed E-state index contributed by atoms with van der Waals surface area (Å²) in [6, 6.07) is 2.83. The predicted octanol–water partition coefficient (Wildman–Crippen LogP) is 3.41. The van der Waals surface area contributed by atoms with Crippen LogP contribution in [0.5, 0.6) is 11.5 Å². The molecule has 96 valence electrons. The van der Waals surface area contributed by atoms with E-state index in [1.165, 1.54) is 6.07 Å². The molecule has 0 aliphatic carbocycles. The van der Waals surface area contributed by atoms with Crippen LogP contribution in [0, 0.1) is 9.39 Å². The second kappa shape index (κ2) is 5.55. The number of benzene rings is 1. The third-order valence-corrected chi connectivity index (χ3v) is 3.17. The Kier molecular flexibility index (Phi) is 4.05. The number of anilines is 1. The minimum atomic E-state index is -0.347. The normalized spacial score (nSPS) is 10.6. The van der Waals surface area contributed by atoms with Crippen LogP contribution in [-0.4, -0.2) is 9.78 Å². The van der Waals surface area contributed by atoms with Crippen molar-refractivity contribution in [2.45, 2.75) is 19.9 Å². The zero-order chi connectivity index (χ0) is 13.1. The van der Waals surface area contributed by atoms with Crippen molar-refractivity contribution in [1.29, 1.82) is 0 Å². The fraction of sp³-hybridized carbons (Fsp3) is 0.250. The summed E-state index contributed by atoms with van der Waals surface area (Å²) < 4.78 is 21.2. The van der Waals surface area contributed by atoms with Crippen LogP contribution in [-0.2, 0) is 6.54 Å². The Labute approximate surface area is 118 Å². The van der Waals surface area contributed by atoms with Crippen molar-refractivity contribution in [2.24, 2.45) is 0 Å². The standard InChI is InChI=1S/C12H13FIN3O/c1-2-3-17-7-8(6-16-17)18-12-4-9(13)10(14)5-11(12)15/h4-7H,2-3,15H2,1H3. The van der Waals surface area contributed by atoms with E-state index in [0.717, 1.165) is 13.0 Å². The molecule has 0 spiro atoms. The molecule has 1 heterocycles. The maximum absolute atomic E-state index is 13.4. The Morgan fingerprint density at radius 3 is 3.00 bits per heavy atom. The monoisotopic (exact) mass is 361 g/mol. The summed E-state index contributed by atoms with van der Waals surface area (Å²) in [6.07, 6.45) is 4.34. The minimum Gasteiger partial charge on any atom is -0.452 e. The van der Waals surface area contributed by atoms with Gasteiger partial charge in [-0.3, -0.25) is 4.68 Å². The van der Waals surface area contributed by atoms with Crippen LogP contribution in [0.25, 0.3) is 0 Å². The van der Waals surface area contributed by atoms with Gasteiger partial charge in [-0.25, -0.2) is 4.39 Å². The molecular formula is C12H13FIN3O. The van der Waals surface area contributed by atoms with Crippen molar-refractivity contribution in [3.63, 3.8) is 0 Å². The van der Waals surface area contributed by atoms with E-state index in [2.05, 4.69) is 12.0 Å². The molecule has 0 saturated carbocycles. The van der Waals surface area contributed by atoms with Crippen LogP contribution in [0.1, 0.15) is 13.3 Å². The Hall–Kier alpha value is -1.31. The van der Waals surface area contributed by atoms with Gasteiger partial charge in [0.15, 0.2) is 11.5 Å². The lowest BCUT2D eigenvalue weighted by Crippen LogP contribution is -1.96. The zero-order valence-corrected chi connectivity index (χ0v) is 12.0. The fourth-order valence-corrected chi connectivity index (χ4v) is 2.00. The summed E-state index contributed by atoms with van der Waals surface area (Å²) in [5.41, 5.74) is 6.19.